The van der Waals surface area contributed by atoms with E-state index in [2.05, 4.69) is 4.98 Å². The number of halogens is 3. The minimum Gasteiger partial charge on any atom is -0.465 e. The van der Waals surface area contributed by atoms with Crippen LogP contribution in [0.15, 0.2) is 48.5 Å². The lowest BCUT2D eigenvalue weighted by Gasteiger charge is -2.09. The predicted molar refractivity (Wildman–Crippen MR) is 84.8 cm³/mol. The summed E-state index contributed by atoms with van der Waals surface area (Å²) in [6.07, 6.45) is -4.53. The molecule has 3 rings (SSSR count). The van der Waals surface area contributed by atoms with Crippen LogP contribution in [-0.2, 0) is 4.74 Å². The second kappa shape index (κ2) is 5.92. The summed E-state index contributed by atoms with van der Waals surface area (Å²) in [6, 6.07) is 13.1. The van der Waals surface area contributed by atoms with Crippen LogP contribution in [0.1, 0.15) is 10.4 Å². The van der Waals surface area contributed by atoms with Crippen LogP contribution in [0.2, 0.25) is 0 Å². The van der Waals surface area contributed by atoms with Crippen LogP contribution in [0.5, 0.6) is 0 Å². The number of ether oxygens (including phenoxy) is 1. The summed E-state index contributed by atoms with van der Waals surface area (Å²) in [5, 5.41) is 1.94. The number of anilines is 1. The Morgan fingerprint density at radius 1 is 1.12 bits per heavy atom. The molecule has 124 valence electrons. The number of alkyl halides is 3. The molecule has 0 amide bonds. The lowest BCUT2D eigenvalue weighted by molar-refractivity contribution is -0.0999. The number of methoxy groups -OCH3 is 1. The van der Waals surface area contributed by atoms with Crippen LogP contribution in [0, 0.1) is 0 Å². The van der Waals surface area contributed by atoms with Gasteiger partial charge < -0.3 is 9.72 Å². The van der Waals surface area contributed by atoms with Gasteiger partial charge in [-0.1, -0.05) is 30.3 Å². The lowest BCUT2D eigenvalue weighted by Crippen LogP contribution is -2.20. The normalized spacial score (nSPS) is 11.5. The van der Waals surface area contributed by atoms with Crippen LogP contribution in [0.25, 0.3) is 22.2 Å². The van der Waals surface area contributed by atoms with Crippen molar-refractivity contribution in [3.05, 3.63) is 54.1 Å². The zero-order chi connectivity index (χ0) is 17.3. The minimum atomic E-state index is -4.53. The SMILES string of the molecule is COC(=O)c1c(-c2ccccc2)[nH]c2cc(NC(F)(F)F)ccc12. The fourth-order valence-electron chi connectivity index (χ4n) is 2.57. The quantitative estimate of drug-likeness (QED) is 0.546. The van der Waals surface area contributed by atoms with Crippen molar-refractivity contribution in [1.29, 1.82) is 0 Å². The van der Waals surface area contributed by atoms with E-state index in [-0.39, 0.29) is 11.3 Å². The van der Waals surface area contributed by atoms with Crippen molar-refractivity contribution in [3.8, 4) is 11.3 Å². The first-order valence-electron chi connectivity index (χ1n) is 7.03. The molecular weight excluding hydrogens is 321 g/mol. The summed E-state index contributed by atoms with van der Waals surface area (Å²) in [4.78, 5) is 15.2. The minimum absolute atomic E-state index is 0.118. The maximum absolute atomic E-state index is 12.5. The fourth-order valence-corrected chi connectivity index (χ4v) is 2.57. The number of carbonyl (C=O) groups is 1. The molecule has 7 heteroatoms. The Morgan fingerprint density at radius 2 is 1.83 bits per heavy atom. The van der Waals surface area contributed by atoms with Gasteiger partial charge in [-0.2, -0.15) is 13.2 Å². The lowest BCUT2D eigenvalue weighted by atomic mass is 10.1. The average Bonchev–Trinajstić information content (AvgIpc) is 2.92. The largest absolute Gasteiger partial charge is 0.482 e. The molecule has 0 aliphatic carbocycles. The van der Waals surface area contributed by atoms with Gasteiger partial charge in [-0.05, 0) is 23.8 Å². The summed E-state index contributed by atoms with van der Waals surface area (Å²) in [6.45, 7) is 0. The number of esters is 1. The molecule has 24 heavy (non-hydrogen) atoms. The monoisotopic (exact) mass is 334 g/mol. The van der Waals surface area contributed by atoms with E-state index >= 15 is 0 Å². The molecule has 1 aromatic heterocycles. The number of hydrogen-bond donors (Lipinski definition) is 2. The summed E-state index contributed by atoms with van der Waals surface area (Å²) in [5.74, 6) is -0.559. The zero-order valence-electron chi connectivity index (χ0n) is 12.6. The van der Waals surface area contributed by atoms with Crippen LogP contribution in [0.4, 0.5) is 18.9 Å². The van der Waals surface area contributed by atoms with E-state index in [1.54, 1.807) is 24.3 Å². The first kappa shape index (κ1) is 15.9. The number of aromatic amines is 1. The van der Waals surface area contributed by atoms with E-state index in [0.717, 1.165) is 5.56 Å². The fraction of sp³-hybridized carbons (Fsp3) is 0.118. The van der Waals surface area contributed by atoms with E-state index in [9.17, 15) is 18.0 Å². The van der Waals surface area contributed by atoms with Crippen molar-refractivity contribution in [2.75, 3.05) is 12.4 Å². The Morgan fingerprint density at radius 3 is 2.46 bits per heavy atom. The van der Waals surface area contributed by atoms with Gasteiger partial charge in [0.2, 0.25) is 0 Å². The summed E-state index contributed by atoms with van der Waals surface area (Å²) >= 11 is 0. The predicted octanol–water partition coefficient (Wildman–Crippen LogP) is 4.55. The molecule has 0 fully saturated rings. The number of fused-ring (bicyclic) bond motifs is 1. The van der Waals surface area contributed by atoms with Crippen molar-refractivity contribution >= 4 is 22.6 Å². The van der Waals surface area contributed by atoms with E-state index in [4.69, 9.17) is 4.74 Å². The highest BCUT2D eigenvalue weighted by atomic mass is 19.4. The van der Waals surface area contributed by atoms with Crippen LogP contribution < -0.4 is 5.32 Å². The molecule has 0 spiro atoms. The topological polar surface area (TPSA) is 54.1 Å². The number of H-pyrrole nitrogens is 1. The molecule has 0 atom stereocenters. The molecule has 2 aromatic carbocycles. The van der Waals surface area contributed by atoms with Gasteiger partial charge in [0, 0.05) is 16.6 Å². The summed E-state index contributed by atoms with van der Waals surface area (Å²) < 4.78 is 42.3. The standard InChI is InChI=1S/C17H13F3N2O2/c1-24-16(23)14-12-8-7-11(22-17(18,19)20)9-13(12)21-15(14)10-5-3-2-4-6-10/h2-9,21-22H,1H3. The van der Waals surface area contributed by atoms with Crippen LogP contribution in [-0.4, -0.2) is 24.4 Å². The van der Waals surface area contributed by atoms with Crippen LogP contribution in [0.3, 0.4) is 0 Å². The molecule has 0 bridgehead atoms. The number of aromatic nitrogens is 1. The first-order chi connectivity index (χ1) is 11.4. The highest BCUT2D eigenvalue weighted by molar-refractivity contribution is 6.10. The second-order valence-electron chi connectivity index (χ2n) is 5.12. The maximum Gasteiger partial charge on any atom is 0.482 e. The third-order valence-corrected chi connectivity index (χ3v) is 3.54. The molecule has 3 aromatic rings. The first-order valence-corrected chi connectivity index (χ1v) is 7.03. The number of carbonyl (C=O) groups excluding carboxylic acids is 1. The maximum atomic E-state index is 12.5. The van der Waals surface area contributed by atoms with Gasteiger partial charge in [0.15, 0.2) is 0 Å². The van der Waals surface area contributed by atoms with Crippen LogP contribution >= 0.6 is 0 Å². The van der Waals surface area contributed by atoms with E-state index in [1.165, 1.54) is 30.6 Å². The van der Waals surface area contributed by atoms with Crippen molar-refractivity contribution in [3.63, 3.8) is 0 Å². The smallest absolute Gasteiger partial charge is 0.465 e. The molecule has 0 aliphatic heterocycles. The van der Waals surface area contributed by atoms with E-state index < -0.39 is 12.3 Å². The zero-order valence-corrected chi connectivity index (χ0v) is 12.6. The number of benzene rings is 2. The Balaban J connectivity index is 2.18. The molecule has 2 N–H and O–H groups in total. The van der Waals surface area contributed by atoms with Gasteiger partial charge >= 0.3 is 12.3 Å². The molecule has 0 saturated heterocycles. The van der Waals surface area contributed by atoms with Gasteiger partial charge in [-0.15, -0.1) is 0 Å². The Bertz CT molecular complexity index is 886. The third kappa shape index (κ3) is 3.05. The van der Waals surface area contributed by atoms with Gasteiger partial charge in [0.1, 0.15) is 0 Å². The highest BCUT2D eigenvalue weighted by Gasteiger charge is 2.27. The molecule has 1 heterocycles. The summed E-state index contributed by atoms with van der Waals surface area (Å²) in [5.41, 5.74) is 1.81. The van der Waals surface area contributed by atoms with E-state index in [0.29, 0.717) is 16.6 Å². The van der Waals surface area contributed by atoms with Crippen molar-refractivity contribution in [2.45, 2.75) is 6.30 Å². The van der Waals surface area contributed by atoms with Crippen molar-refractivity contribution in [1.82, 2.24) is 4.98 Å². The second-order valence-corrected chi connectivity index (χ2v) is 5.12. The Labute approximate surface area is 135 Å². The van der Waals surface area contributed by atoms with Gasteiger partial charge in [0.25, 0.3) is 0 Å². The number of rotatable bonds is 3. The summed E-state index contributed by atoms with van der Waals surface area (Å²) in [7, 11) is 1.26. The molecule has 0 saturated carbocycles. The Hall–Kier alpha value is -2.96. The van der Waals surface area contributed by atoms with E-state index in [1.807, 2.05) is 6.07 Å². The van der Waals surface area contributed by atoms with Gasteiger partial charge in [-0.25, -0.2) is 4.79 Å². The molecule has 0 radical (unpaired) electrons. The Kier molecular flexibility index (Phi) is 3.92. The van der Waals surface area contributed by atoms with Crippen molar-refractivity contribution in [2.24, 2.45) is 0 Å². The molecule has 0 aliphatic rings. The molecule has 4 nitrogen and oxygen atoms in total. The van der Waals surface area contributed by atoms with Gasteiger partial charge in [-0.3, -0.25) is 5.32 Å². The molecule has 0 unspecified atom stereocenters. The average molecular weight is 334 g/mol. The number of nitrogens with one attached hydrogen (secondary N) is 2. The molecular formula is C17H13F3N2O2. The third-order valence-electron chi connectivity index (χ3n) is 3.54. The number of hydrogen-bond acceptors (Lipinski definition) is 3. The highest BCUT2D eigenvalue weighted by Crippen LogP contribution is 2.33. The van der Waals surface area contributed by atoms with Gasteiger partial charge in [0.05, 0.1) is 18.4 Å². The van der Waals surface area contributed by atoms with Crippen molar-refractivity contribution < 1.29 is 22.7 Å².